The highest BCUT2D eigenvalue weighted by Gasteiger charge is 2.13. The Balaban J connectivity index is 2.35. The lowest BCUT2D eigenvalue weighted by Gasteiger charge is -2.05. The van der Waals surface area contributed by atoms with Gasteiger partial charge < -0.3 is 4.98 Å². The second-order valence-corrected chi connectivity index (χ2v) is 7.86. The molecule has 1 heterocycles. The van der Waals surface area contributed by atoms with E-state index in [0.29, 0.717) is 6.42 Å². The van der Waals surface area contributed by atoms with Crippen molar-refractivity contribution in [1.82, 2.24) is 14.7 Å². The van der Waals surface area contributed by atoms with Crippen molar-refractivity contribution in [3.63, 3.8) is 0 Å². The van der Waals surface area contributed by atoms with Crippen LogP contribution in [0, 0.1) is 0 Å². The monoisotopic (exact) mass is 281 g/mol. The van der Waals surface area contributed by atoms with Crippen molar-refractivity contribution in [3.8, 4) is 0 Å². The van der Waals surface area contributed by atoms with Crippen LogP contribution in [0.2, 0.25) is 0 Å². The molecule has 0 aliphatic heterocycles. The largest absolute Gasteiger partial charge is 0.348 e. The molecule has 17 heavy (non-hydrogen) atoms. The zero-order valence-electron chi connectivity index (χ0n) is 9.38. The van der Waals surface area contributed by atoms with Crippen LogP contribution in [0.15, 0.2) is 12.5 Å². The standard InChI is InChI=1S/C8H15N3O4S2/c1-16(12,13)4-5-17(14,15)11-3-2-8-6-9-7-10-8/h6-7,11H,2-5H2,1H3,(H,9,10). The number of rotatable bonds is 7. The smallest absolute Gasteiger partial charge is 0.212 e. The summed E-state index contributed by atoms with van der Waals surface area (Å²) < 4.78 is 46.8. The summed E-state index contributed by atoms with van der Waals surface area (Å²) >= 11 is 0. The molecule has 0 bridgehead atoms. The van der Waals surface area contributed by atoms with Crippen LogP contribution >= 0.6 is 0 Å². The third-order valence-electron chi connectivity index (χ3n) is 1.99. The van der Waals surface area contributed by atoms with Crippen LogP contribution in [0.3, 0.4) is 0 Å². The average Bonchev–Trinajstić information content (AvgIpc) is 2.67. The first-order valence-corrected chi connectivity index (χ1v) is 8.62. The molecule has 0 saturated carbocycles. The highest BCUT2D eigenvalue weighted by atomic mass is 32.2. The number of aromatic amines is 1. The Morgan fingerprint density at radius 3 is 2.53 bits per heavy atom. The highest BCUT2D eigenvalue weighted by molar-refractivity contribution is 7.93. The molecule has 0 saturated heterocycles. The molecule has 98 valence electrons. The average molecular weight is 281 g/mol. The van der Waals surface area contributed by atoms with E-state index in [-0.39, 0.29) is 12.3 Å². The molecule has 0 fully saturated rings. The summed E-state index contributed by atoms with van der Waals surface area (Å²) in [6.07, 6.45) is 4.60. The molecule has 2 N–H and O–H groups in total. The summed E-state index contributed by atoms with van der Waals surface area (Å²) in [4.78, 5) is 6.63. The predicted octanol–water partition coefficient (Wildman–Crippen LogP) is -1.08. The van der Waals surface area contributed by atoms with Gasteiger partial charge in [-0.3, -0.25) is 0 Å². The first-order chi connectivity index (χ1) is 7.79. The SMILES string of the molecule is CS(=O)(=O)CCS(=O)(=O)NCCc1cnc[nH]1. The van der Waals surface area contributed by atoms with E-state index in [2.05, 4.69) is 14.7 Å². The van der Waals surface area contributed by atoms with Crippen molar-refractivity contribution in [3.05, 3.63) is 18.2 Å². The Hall–Kier alpha value is -0.930. The lowest BCUT2D eigenvalue weighted by Crippen LogP contribution is -2.31. The number of sulfonamides is 1. The van der Waals surface area contributed by atoms with Crippen molar-refractivity contribution in [2.45, 2.75) is 6.42 Å². The van der Waals surface area contributed by atoms with Gasteiger partial charge in [-0.05, 0) is 0 Å². The molecule has 0 amide bonds. The minimum absolute atomic E-state index is 0.217. The number of imidazole rings is 1. The first kappa shape index (κ1) is 14.1. The summed E-state index contributed by atoms with van der Waals surface area (Å²) in [7, 11) is -6.79. The number of sulfone groups is 1. The van der Waals surface area contributed by atoms with Gasteiger partial charge in [0.1, 0.15) is 9.84 Å². The summed E-state index contributed by atoms with van der Waals surface area (Å²) in [5.41, 5.74) is 0.816. The molecule has 0 radical (unpaired) electrons. The van der Waals surface area contributed by atoms with E-state index in [9.17, 15) is 16.8 Å². The van der Waals surface area contributed by atoms with Crippen LogP contribution in [-0.2, 0) is 26.3 Å². The Kier molecular flexibility index (Phi) is 4.66. The van der Waals surface area contributed by atoms with Crippen LogP contribution in [0.25, 0.3) is 0 Å². The number of aromatic nitrogens is 2. The van der Waals surface area contributed by atoms with Crippen molar-refractivity contribution < 1.29 is 16.8 Å². The van der Waals surface area contributed by atoms with Crippen LogP contribution in [-0.4, -0.2) is 51.1 Å². The summed E-state index contributed by atoms with van der Waals surface area (Å²) in [5.74, 6) is -0.777. The molecular formula is C8H15N3O4S2. The number of nitrogens with one attached hydrogen (secondary N) is 2. The van der Waals surface area contributed by atoms with E-state index in [4.69, 9.17) is 0 Å². The molecule has 0 aliphatic carbocycles. The van der Waals surface area contributed by atoms with Crippen LogP contribution < -0.4 is 4.72 Å². The van der Waals surface area contributed by atoms with Crippen molar-refractivity contribution >= 4 is 19.9 Å². The quantitative estimate of drug-likeness (QED) is 0.660. The van der Waals surface area contributed by atoms with Gasteiger partial charge >= 0.3 is 0 Å². The number of hydrogen-bond acceptors (Lipinski definition) is 5. The summed E-state index contributed by atoms with van der Waals surface area (Å²) in [6.45, 7) is 0.217. The molecular weight excluding hydrogens is 266 g/mol. The second-order valence-electron chi connectivity index (χ2n) is 3.67. The highest BCUT2D eigenvalue weighted by Crippen LogP contribution is 1.93. The molecule has 0 atom stereocenters. The van der Waals surface area contributed by atoms with Crippen LogP contribution in [0.5, 0.6) is 0 Å². The fourth-order valence-corrected chi connectivity index (χ4v) is 3.74. The Morgan fingerprint density at radius 1 is 1.29 bits per heavy atom. The van der Waals surface area contributed by atoms with E-state index in [1.165, 1.54) is 6.33 Å². The number of H-pyrrole nitrogens is 1. The molecule has 1 aromatic heterocycles. The van der Waals surface area contributed by atoms with Gasteiger partial charge in [0.25, 0.3) is 0 Å². The maximum Gasteiger partial charge on any atom is 0.212 e. The summed E-state index contributed by atoms with van der Waals surface area (Å²) in [6, 6.07) is 0. The molecule has 0 aliphatic rings. The zero-order chi connectivity index (χ0) is 12.9. The minimum Gasteiger partial charge on any atom is -0.348 e. The van der Waals surface area contributed by atoms with E-state index >= 15 is 0 Å². The van der Waals surface area contributed by atoms with Gasteiger partial charge in [-0.25, -0.2) is 26.5 Å². The third kappa shape index (κ3) is 6.39. The first-order valence-electron chi connectivity index (χ1n) is 4.91. The van der Waals surface area contributed by atoms with Gasteiger partial charge in [-0.1, -0.05) is 0 Å². The van der Waals surface area contributed by atoms with Crippen molar-refractivity contribution in [1.29, 1.82) is 0 Å². The molecule has 0 aromatic carbocycles. The predicted molar refractivity (Wildman–Crippen MR) is 63.8 cm³/mol. The molecule has 7 nitrogen and oxygen atoms in total. The number of nitrogens with zero attached hydrogens (tertiary/aromatic N) is 1. The Morgan fingerprint density at radius 2 is 2.00 bits per heavy atom. The maximum absolute atomic E-state index is 11.4. The Labute approximate surface area is 101 Å². The molecule has 1 aromatic rings. The topological polar surface area (TPSA) is 109 Å². The zero-order valence-corrected chi connectivity index (χ0v) is 11.0. The molecule has 0 spiro atoms. The maximum atomic E-state index is 11.4. The Bertz CT molecular complexity index is 533. The van der Waals surface area contributed by atoms with Gasteiger partial charge in [0.2, 0.25) is 10.0 Å². The second kappa shape index (κ2) is 5.61. The third-order valence-corrected chi connectivity index (χ3v) is 4.58. The molecule has 1 rings (SSSR count). The van der Waals surface area contributed by atoms with Gasteiger partial charge in [0, 0.05) is 31.1 Å². The molecule has 0 unspecified atom stereocenters. The lowest BCUT2D eigenvalue weighted by molar-refractivity contribution is 0.579. The van der Waals surface area contributed by atoms with E-state index in [1.807, 2.05) is 0 Å². The van der Waals surface area contributed by atoms with Crippen LogP contribution in [0.1, 0.15) is 5.69 Å². The summed E-state index contributed by atoms with van der Waals surface area (Å²) in [5, 5.41) is 0. The van der Waals surface area contributed by atoms with Crippen molar-refractivity contribution in [2.24, 2.45) is 0 Å². The van der Waals surface area contributed by atoms with Gasteiger partial charge in [-0.15, -0.1) is 0 Å². The number of hydrogen-bond donors (Lipinski definition) is 2. The van der Waals surface area contributed by atoms with E-state index < -0.39 is 25.6 Å². The lowest BCUT2D eigenvalue weighted by atomic mass is 10.3. The normalized spacial score (nSPS) is 12.8. The fraction of sp³-hybridized carbons (Fsp3) is 0.625. The minimum atomic E-state index is -3.53. The van der Waals surface area contributed by atoms with Crippen molar-refractivity contribution in [2.75, 3.05) is 24.3 Å². The fourth-order valence-electron chi connectivity index (χ4n) is 1.10. The van der Waals surface area contributed by atoms with E-state index in [1.54, 1.807) is 6.20 Å². The van der Waals surface area contributed by atoms with E-state index in [0.717, 1.165) is 11.9 Å². The van der Waals surface area contributed by atoms with Crippen LogP contribution in [0.4, 0.5) is 0 Å². The van der Waals surface area contributed by atoms with Gasteiger partial charge in [0.15, 0.2) is 0 Å². The van der Waals surface area contributed by atoms with Gasteiger partial charge in [-0.2, -0.15) is 0 Å². The molecule has 9 heteroatoms. The van der Waals surface area contributed by atoms with Gasteiger partial charge in [0.05, 0.1) is 17.8 Å².